The molecule has 0 bridgehead atoms. The van der Waals surface area contributed by atoms with Crippen molar-refractivity contribution in [3.05, 3.63) is 47.0 Å². The molecule has 2 N–H and O–H groups in total. The van der Waals surface area contributed by atoms with Gasteiger partial charge in [-0.1, -0.05) is 12.1 Å². The van der Waals surface area contributed by atoms with E-state index in [9.17, 15) is 4.39 Å². The molecule has 0 spiro atoms. The van der Waals surface area contributed by atoms with Gasteiger partial charge in [-0.2, -0.15) is 0 Å². The number of nitrogens with zero attached hydrogens (tertiary/aromatic N) is 3. The second kappa shape index (κ2) is 5.22. The Hall–Kier alpha value is -2.17. The fourth-order valence-corrected chi connectivity index (χ4v) is 1.99. The normalized spacial score (nSPS) is 10.5. The molecule has 1 heterocycles. The number of aromatic nitrogens is 2. The van der Waals surface area contributed by atoms with E-state index in [1.54, 1.807) is 13.0 Å². The molecule has 0 aliphatic carbocycles. The molecule has 19 heavy (non-hydrogen) atoms. The predicted octanol–water partition coefficient (Wildman–Crippen LogP) is 2.45. The van der Waals surface area contributed by atoms with Crippen LogP contribution in [0.5, 0.6) is 0 Å². The summed E-state index contributed by atoms with van der Waals surface area (Å²) in [4.78, 5) is 10.5. The van der Waals surface area contributed by atoms with Crippen LogP contribution in [0, 0.1) is 19.7 Å². The molecule has 0 aliphatic rings. The Morgan fingerprint density at radius 2 is 2.00 bits per heavy atom. The SMILES string of the molecule is Cc1nc(N)c(C)c(N(C)Cc2cccc(F)c2)n1. The van der Waals surface area contributed by atoms with Gasteiger partial charge in [0.1, 0.15) is 23.3 Å². The summed E-state index contributed by atoms with van der Waals surface area (Å²) >= 11 is 0. The highest BCUT2D eigenvalue weighted by atomic mass is 19.1. The predicted molar refractivity (Wildman–Crippen MR) is 74.4 cm³/mol. The molecule has 2 aromatic rings. The molecule has 0 unspecified atom stereocenters. The molecule has 2 rings (SSSR count). The molecule has 5 heteroatoms. The van der Waals surface area contributed by atoms with E-state index in [1.165, 1.54) is 12.1 Å². The topological polar surface area (TPSA) is 55.0 Å². The van der Waals surface area contributed by atoms with Crippen LogP contribution in [-0.4, -0.2) is 17.0 Å². The van der Waals surface area contributed by atoms with Crippen molar-refractivity contribution in [1.82, 2.24) is 9.97 Å². The summed E-state index contributed by atoms with van der Waals surface area (Å²) in [6.07, 6.45) is 0. The Bertz CT molecular complexity index is 598. The summed E-state index contributed by atoms with van der Waals surface area (Å²) < 4.78 is 13.2. The Kier molecular flexibility index (Phi) is 3.64. The van der Waals surface area contributed by atoms with Gasteiger partial charge in [0.15, 0.2) is 0 Å². The van der Waals surface area contributed by atoms with Crippen LogP contribution in [0.15, 0.2) is 24.3 Å². The van der Waals surface area contributed by atoms with E-state index in [0.717, 1.165) is 16.9 Å². The highest BCUT2D eigenvalue weighted by Crippen LogP contribution is 2.21. The zero-order chi connectivity index (χ0) is 14.0. The van der Waals surface area contributed by atoms with Crippen LogP contribution < -0.4 is 10.6 Å². The first kappa shape index (κ1) is 13.3. The first-order valence-electron chi connectivity index (χ1n) is 6.03. The third-order valence-electron chi connectivity index (χ3n) is 2.94. The molecule has 100 valence electrons. The molecule has 0 saturated heterocycles. The minimum Gasteiger partial charge on any atom is -0.383 e. The van der Waals surface area contributed by atoms with E-state index in [1.807, 2.05) is 24.9 Å². The minimum atomic E-state index is -0.235. The summed E-state index contributed by atoms with van der Waals surface area (Å²) in [7, 11) is 1.90. The molecule has 0 fully saturated rings. The van der Waals surface area contributed by atoms with Gasteiger partial charge in [-0.3, -0.25) is 0 Å². The van der Waals surface area contributed by atoms with Gasteiger partial charge in [0.2, 0.25) is 0 Å². The molecule has 0 aliphatic heterocycles. The molecule has 0 atom stereocenters. The minimum absolute atomic E-state index is 0.235. The van der Waals surface area contributed by atoms with E-state index >= 15 is 0 Å². The Morgan fingerprint density at radius 1 is 1.26 bits per heavy atom. The number of hydrogen-bond donors (Lipinski definition) is 1. The van der Waals surface area contributed by atoms with E-state index in [4.69, 9.17) is 5.73 Å². The first-order chi connectivity index (χ1) is 8.97. The average molecular weight is 260 g/mol. The number of aryl methyl sites for hydroxylation is 1. The average Bonchev–Trinajstić information content (AvgIpc) is 2.33. The highest BCUT2D eigenvalue weighted by molar-refractivity contribution is 5.56. The third kappa shape index (κ3) is 2.99. The van der Waals surface area contributed by atoms with Crippen LogP contribution in [0.3, 0.4) is 0 Å². The standard InChI is InChI=1S/C14H17FN4/c1-9-13(16)17-10(2)18-14(9)19(3)8-11-5-4-6-12(15)7-11/h4-7H,8H2,1-3H3,(H2,16,17,18). The third-order valence-corrected chi connectivity index (χ3v) is 2.94. The molecule has 0 radical (unpaired) electrons. The van der Waals surface area contributed by atoms with Crippen LogP contribution in [-0.2, 0) is 6.54 Å². The summed E-state index contributed by atoms with van der Waals surface area (Å²) in [5.74, 6) is 1.65. The van der Waals surface area contributed by atoms with Crippen molar-refractivity contribution in [1.29, 1.82) is 0 Å². The van der Waals surface area contributed by atoms with Gasteiger partial charge in [0.25, 0.3) is 0 Å². The summed E-state index contributed by atoms with van der Waals surface area (Å²) in [6, 6.07) is 6.53. The van der Waals surface area contributed by atoms with Crippen molar-refractivity contribution in [2.45, 2.75) is 20.4 Å². The van der Waals surface area contributed by atoms with Gasteiger partial charge < -0.3 is 10.6 Å². The fraction of sp³-hybridized carbons (Fsp3) is 0.286. The van der Waals surface area contributed by atoms with Gasteiger partial charge in [0, 0.05) is 19.2 Å². The Labute approximate surface area is 112 Å². The van der Waals surface area contributed by atoms with Crippen LogP contribution in [0.4, 0.5) is 16.0 Å². The maximum atomic E-state index is 13.2. The van der Waals surface area contributed by atoms with Gasteiger partial charge in [-0.25, -0.2) is 14.4 Å². The monoisotopic (exact) mass is 260 g/mol. The molecule has 0 amide bonds. The van der Waals surface area contributed by atoms with Crippen LogP contribution in [0.2, 0.25) is 0 Å². The fourth-order valence-electron chi connectivity index (χ4n) is 1.99. The number of hydrogen-bond acceptors (Lipinski definition) is 4. The smallest absolute Gasteiger partial charge is 0.137 e. The van der Waals surface area contributed by atoms with Crippen LogP contribution >= 0.6 is 0 Å². The van der Waals surface area contributed by atoms with Crippen molar-refractivity contribution >= 4 is 11.6 Å². The molecule has 0 saturated carbocycles. The molecule has 1 aromatic carbocycles. The van der Waals surface area contributed by atoms with Gasteiger partial charge in [-0.05, 0) is 31.5 Å². The lowest BCUT2D eigenvalue weighted by Crippen LogP contribution is -2.20. The lowest BCUT2D eigenvalue weighted by molar-refractivity contribution is 0.625. The summed E-state index contributed by atoms with van der Waals surface area (Å²) in [5.41, 5.74) is 7.56. The zero-order valence-electron chi connectivity index (χ0n) is 11.3. The number of halogens is 1. The van der Waals surface area contributed by atoms with Crippen molar-refractivity contribution in [3.8, 4) is 0 Å². The number of anilines is 2. The lowest BCUT2D eigenvalue weighted by atomic mass is 10.2. The van der Waals surface area contributed by atoms with Crippen LogP contribution in [0.25, 0.3) is 0 Å². The molecular formula is C14H17FN4. The van der Waals surface area contributed by atoms with Crippen LogP contribution in [0.1, 0.15) is 17.0 Å². The number of benzene rings is 1. The molecular weight excluding hydrogens is 243 g/mol. The Balaban J connectivity index is 2.27. The number of nitrogens with two attached hydrogens (primary N) is 1. The maximum absolute atomic E-state index is 13.2. The van der Waals surface area contributed by atoms with E-state index < -0.39 is 0 Å². The second-order valence-corrected chi connectivity index (χ2v) is 4.59. The van der Waals surface area contributed by atoms with Gasteiger partial charge in [0.05, 0.1) is 0 Å². The largest absolute Gasteiger partial charge is 0.383 e. The lowest BCUT2D eigenvalue weighted by Gasteiger charge is -2.21. The molecule has 1 aromatic heterocycles. The Morgan fingerprint density at radius 3 is 2.68 bits per heavy atom. The van der Waals surface area contributed by atoms with E-state index in [0.29, 0.717) is 18.2 Å². The van der Waals surface area contributed by atoms with Crippen molar-refractivity contribution in [2.75, 3.05) is 17.7 Å². The van der Waals surface area contributed by atoms with Crippen molar-refractivity contribution < 1.29 is 4.39 Å². The summed E-state index contributed by atoms with van der Waals surface area (Å²) in [5, 5.41) is 0. The van der Waals surface area contributed by atoms with Crippen molar-refractivity contribution in [3.63, 3.8) is 0 Å². The number of nitrogen functional groups attached to an aromatic ring is 1. The zero-order valence-corrected chi connectivity index (χ0v) is 11.3. The summed E-state index contributed by atoms with van der Waals surface area (Å²) in [6.45, 7) is 4.25. The first-order valence-corrected chi connectivity index (χ1v) is 6.03. The quantitative estimate of drug-likeness (QED) is 0.921. The second-order valence-electron chi connectivity index (χ2n) is 4.59. The van der Waals surface area contributed by atoms with E-state index in [-0.39, 0.29) is 5.82 Å². The van der Waals surface area contributed by atoms with Gasteiger partial charge in [-0.15, -0.1) is 0 Å². The van der Waals surface area contributed by atoms with Crippen molar-refractivity contribution in [2.24, 2.45) is 0 Å². The number of rotatable bonds is 3. The van der Waals surface area contributed by atoms with Gasteiger partial charge >= 0.3 is 0 Å². The maximum Gasteiger partial charge on any atom is 0.137 e. The van der Waals surface area contributed by atoms with E-state index in [2.05, 4.69) is 9.97 Å². The molecule has 4 nitrogen and oxygen atoms in total. The highest BCUT2D eigenvalue weighted by Gasteiger charge is 2.11.